The Balaban J connectivity index is 1.82. The van der Waals surface area contributed by atoms with Crippen molar-refractivity contribution in [1.29, 1.82) is 0 Å². The molecule has 3 rings (SSSR count). The van der Waals surface area contributed by atoms with E-state index in [0.717, 1.165) is 22.2 Å². The normalized spacial score (nSPS) is 10.6. The maximum Gasteiger partial charge on any atom is 0.156 e. The number of nitrogens with one attached hydrogen (secondary N) is 1. The molecular formula is C16H14ClN3O. The first-order chi connectivity index (χ1) is 10.3. The predicted molar refractivity (Wildman–Crippen MR) is 84.9 cm³/mol. The number of anilines is 1. The smallest absolute Gasteiger partial charge is 0.156 e. The third-order valence-corrected chi connectivity index (χ3v) is 3.54. The van der Waals surface area contributed by atoms with Gasteiger partial charge in [0, 0.05) is 17.3 Å². The van der Waals surface area contributed by atoms with E-state index in [2.05, 4.69) is 15.5 Å². The van der Waals surface area contributed by atoms with Gasteiger partial charge in [0.15, 0.2) is 5.82 Å². The zero-order valence-corrected chi connectivity index (χ0v) is 12.3. The number of hydrogen-bond acceptors (Lipinski definition) is 4. The van der Waals surface area contributed by atoms with Gasteiger partial charge in [-0.25, -0.2) is 0 Å². The molecule has 0 aliphatic carbocycles. The molecule has 0 unspecified atom stereocenters. The molecule has 0 amide bonds. The molecule has 2 aromatic carbocycles. The lowest BCUT2D eigenvalue weighted by Crippen LogP contribution is -2.03. The van der Waals surface area contributed by atoms with Crippen LogP contribution in [0.4, 0.5) is 5.82 Å². The Morgan fingerprint density at radius 3 is 2.86 bits per heavy atom. The minimum atomic E-state index is 0.598. The van der Waals surface area contributed by atoms with Crippen molar-refractivity contribution in [2.24, 2.45) is 0 Å². The minimum Gasteiger partial charge on any atom is -0.495 e. The molecule has 4 nitrogen and oxygen atoms in total. The molecule has 0 saturated heterocycles. The second kappa shape index (κ2) is 5.97. The van der Waals surface area contributed by atoms with E-state index in [1.54, 1.807) is 13.3 Å². The van der Waals surface area contributed by atoms with Crippen molar-refractivity contribution < 1.29 is 4.74 Å². The SMILES string of the molecule is COc1ccc(CNc2nncc3ccccc23)cc1Cl. The highest BCUT2D eigenvalue weighted by Crippen LogP contribution is 2.26. The molecule has 21 heavy (non-hydrogen) atoms. The topological polar surface area (TPSA) is 47.0 Å². The molecule has 3 aromatic rings. The van der Waals surface area contributed by atoms with Crippen LogP contribution in [-0.2, 0) is 6.54 Å². The third kappa shape index (κ3) is 2.90. The fourth-order valence-electron chi connectivity index (χ4n) is 2.16. The zero-order valence-electron chi connectivity index (χ0n) is 11.5. The summed E-state index contributed by atoms with van der Waals surface area (Å²) in [6.07, 6.45) is 1.75. The minimum absolute atomic E-state index is 0.598. The molecule has 0 bridgehead atoms. The second-order valence-corrected chi connectivity index (χ2v) is 5.01. The summed E-state index contributed by atoms with van der Waals surface area (Å²) in [6.45, 7) is 0.617. The Labute approximate surface area is 127 Å². The average Bonchev–Trinajstić information content (AvgIpc) is 2.53. The van der Waals surface area contributed by atoms with E-state index >= 15 is 0 Å². The summed E-state index contributed by atoms with van der Waals surface area (Å²) in [5.74, 6) is 1.44. The van der Waals surface area contributed by atoms with Gasteiger partial charge in [-0.05, 0) is 17.7 Å². The highest BCUT2D eigenvalue weighted by atomic mass is 35.5. The van der Waals surface area contributed by atoms with Gasteiger partial charge in [-0.15, -0.1) is 5.10 Å². The Morgan fingerprint density at radius 1 is 1.19 bits per heavy atom. The predicted octanol–water partition coefficient (Wildman–Crippen LogP) is 3.90. The Kier molecular flexibility index (Phi) is 3.88. The van der Waals surface area contributed by atoms with Gasteiger partial charge in [-0.1, -0.05) is 41.9 Å². The molecule has 0 fully saturated rings. The maximum atomic E-state index is 6.13. The summed E-state index contributed by atoms with van der Waals surface area (Å²) >= 11 is 6.13. The van der Waals surface area contributed by atoms with Gasteiger partial charge in [0.2, 0.25) is 0 Å². The highest BCUT2D eigenvalue weighted by Gasteiger charge is 2.05. The van der Waals surface area contributed by atoms with Crippen molar-refractivity contribution in [2.45, 2.75) is 6.54 Å². The van der Waals surface area contributed by atoms with Crippen LogP contribution in [0, 0.1) is 0 Å². The molecule has 5 heteroatoms. The summed E-state index contributed by atoms with van der Waals surface area (Å²) in [6, 6.07) is 13.7. The standard InChI is InChI=1S/C16H14ClN3O/c1-21-15-7-6-11(8-14(15)17)9-18-16-13-5-3-2-4-12(13)10-19-20-16/h2-8,10H,9H2,1H3,(H,18,20). The van der Waals surface area contributed by atoms with Gasteiger partial charge < -0.3 is 10.1 Å². The first-order valence-corrected chi connectivity index (χ1v) is 6.92. The number of ether oxygens (including phenoxy) is 1. The molecule has 0 saturated carbocycles. The molecule has 1 heterocycles. The van der Waals surface area contributed by atoms with Crippen molar-refractivity contribution >= 4 is 28.2 Å². The van der Waals surface area contributed by atoms with Crippen LogP contribution in [0.25, 0.3) is 10.8 Å². The lowest BCUT2D eigenvalue weighted by Gasteiger charge is -2.09. The van der Waals surface area contributed by atoms with Gasteiger partial charge in [-0.2, -0.15) is 5.10 Å². The van der Waals surface area contributed by atoms with E-state index in [4.69, 9.17) is 16.3 Å². The number of rotatable bonds is 4. The van der Waals surface area contributed by atoms with Crippen molar-refractivity contribution in [3.8, 4) is 5.75 Å². The molecule has 0 aliphatic heterocycles. The number of nitrogens with zero attached hydrogens (tertiary/aromatic N) is 2. The first kappa shape index (κ1) is 13.6. The van der Waals surface area contributed by atoms with E-state index in [1.807, 2.05) is 42.5 Å². The van der Waals surface area contributed by atoms with Crippen molar-refractivity contribution in [1.82, 2.24) is 10.2 Å². The first-order valence-electron chi connectivity index (χ1n) is 6.54. The Hall–Kier alpha value is -2.33. The number of fused-ring (bicyclic) bond motifs is 1. The number of benzene rings is 2. The summed E-state index contributed by atoms with van der Waals surface area (Å²) in [5.41, 5.74) is 1.05. The van der Waals surface area contributed by atoms with E-state index in [0.29, 0.717) is 17.3 Å². The molecule has 0 aliphatic rings. The van der Waals surface area contributed by atoms with E-state index in [9.17, 15) is 0 Å². The second-order valence-electron chi connectivity index (χ2n) is 4.60. The molecule has 0 radical (unpaired) electrons. The fraction of sp³-hybridized carbons (Fsp3) is 0.125. The molecule has 1 aromatic heterocycles. The van der Waals surface area contributed by atoms with E-state index in [1.165, 1.54) is 0 Å². The Bertz CT molecular complexity index is 771. The molecule has 1 N–H and O–H groups in total. The summed E-state index contributed by atoms with van der Waals surface area (Å²) in [5, 5.41) is 14.2. The van der Waals surface area contributed by atoms with Gasteiger partial charge in [0.25, 0.3) is 0 Å². The molecular weight excluding hydrogens is 286 g/mol. The number of halogens is 1. The molecule has 0 spiro atoms. The quantitative estimate of drug-likeness (QED) is 0.793. The molecule has 0 atom stereocenters. The largest absolute Gasteiger partial charge is 0.495 e. The van der Waals surface area contributed by atoms with Crippen LogP contribution in [0.1, 0.15) is 5.56 Å². The van der Waals surface area contributed by atoms with Crippen LogP contribution in [-0.4, -0.2) is 17.3 Å². The monoisotopic (exact) mass is 299 g/mol. The lowest BCUT2D eigenvalue weighted by molar-refractivity contribution is 0.415. The van der Waals surface area contributed by atoms with Crippen molar-refractivity contribution in [2.75, 3.05) is 12.4 Å². The van der Waals surface area contributed by atoms with Crippen molar-refractivity contribution in [3.63, 3.8) is 0 Å². The summed E-state index contributed by atoms with van der Waals surface area (Å²) < 4.78 is 5.15. The third-order valence-electron chi connectivity index (χ3n) is 3.25. The maximum absolute atomic E-state index is 6.13. The van der Waals surface area contributed by atoms with Crippen molar-refractivity contribution in [3.05, 3.63) is 59.2 Å². The van der Waals surface area contributed by atoms with Crippen LogP contribution in [0.15, 0.2) is 48.7 Å². The summed E-state index contributed by atoms with van der Waals surface area (Å²) in [7, 11) is 1.60. The van der Waals surface area contributed by atoms with E-state index in [-0.39, 0.29) is 0 Å². The highest BCUT2D eigenvalue weighted by molar-refractivity contribution is 6.32. The zero-order chi connectivity index (χ0) is 14.7. The van der Waals surface area contributed by atoms with E-state index < -0.39 is 0 Å². The van der Waals surface area contributed by atoms with Gasteiger partial charge in [-0.3, -0.25) is 0 Å². The van der Waals surface area contributed by atoms with Gasteiger partial charge >= 0.3 is 0 Å². The van der Waals surface area contributed by atoms with Gasteiger partial charge in [0.05, 0.1) is 18.3 Å². The number of methoxy groups -OCH3 is 1. The molecule has 106 valence electrons. The number of aromatic nitrogens is 2. The van der Waals surface area contributed by atoms with Crippen LogP contribution in [0.2, 0.25) is 5.02 Å². The number of hydrogen-bond donors (Lipinski definition) is 1. The van der Waals surface area contributed by atoms with Gasteiger partial charge in [0.1, 0.15) is 5.75 Å². The fourth-order valence-corrected chi connectivity index (χ4v) is 2.44. The Morgan fingerprint density at radius 2 is 2.05 bits per heavy atom. The average molecular weight is 300 g/mol. The van der Waals surface area contributed by atoms with Crippen LogP contribution < -0.4 is 10.1 Å². The summed E-state index contributed by atoms with van der Waals surface area (Å²) in [4.78, 5) is 0. The lowest BCUT2D eigenvalue weighted by atomic mass is 10.2. The van der Waals surface area contributed by atoms with Crippen LogP contribution in [0.3, 0.4) is 0 Å². The van der Waals surface area contributed by atoms with Crippen LogP contribution in [0.5, 0.6) is 5.75 Å². The van der Waals surface area contributed by atoms with Crippen LogP contribution >= 0.6 is 11.6 Å².